The van der Waals surface area contributed by atoms with Crippen molar-refractivity contribution < 1.29 is 0 Å². The van der Waals surface area contributed by atoms with Gasteiger partial charge < -0.3 is 11.1 Å². The average Bonchev–Trinajstić information content (AvgIpc) is 2.74. The first-order chi connectivity index (χ1) is 9.61. The Labute approximate surface area is 121 Å². The smallest absolute Gasteiger partial charge is 0.148 e. The Balaban J connectivity index is 1.96. The molecule has 1 aromatic carbocycles. The lowest BCUT2D eigenvalue weighted by atomic mass is 10.1. The van der Waals surface area contributed by atoms with Crippen LogP contribution in [0, 0.1) is 6.92 Å². The summed E-state index contributed by atoms with van der Waals surface area (Å²) < 4.78 is 1.93. The summed E-state index contributed by atoms with van der Waals surface area (Å²) in [6, 6.07) is 10.9. The zero-order valence-corrected chi connectivity index (χ0v) is 12.6. The molecule has 0 fully saturated rings. The second-order valence-corrected chi connectivity index (χ2v) is 5.23. The van der Waals surface area contributed by atoms with Gasteiger partial charge in [0.15, 0.2) is 0 Å². The van der Waals surface area contributed by atoms with Crippen LogP contribution in [0.4, 0.5) is 11.5 Å². The first-order valence-corrected chi connectivity index (χ1v) is 7.25. The molecular formula is C16H24N4. The lowest BCUT2D eigenvalue weighted by Crippen LogP contribution is -2.19. The minimum absolute atomic E-state index is 0.360. The van der Waals surface area contributed by atoms with Gasteiger partial charge in [-0.1, -0.05) is 30.3 Å². The molecule has 0 bridgehead atoms. The minimum Gasteiger partial charge on any atom is -0.394 e. The highest BCUT2D eigenvalue weighted by Crippen LogP contribution is 2.23. The highest BCUT2D eigenvalue weighted by atomic mass is 15.3. The van der Waals surface area contributed by atoms with E-state index in [1.807, 2.05) is 11.6 Å². The highest BCUT2D eigenvalue weighted by molar-refractivity contribution is 5.65. The van der Waals surface area contributed by atoms with Crippen LogP contribution in [-0.4, -0.2) is 15.8 Å². The van der Waals surface area contributed by atoms with Gasteiger partial charge in [-0.2, -0.15) is 5.10 Å². The number of hydrogen-bond acceptors (Lipinski definition) is 3. The first kappa shape index (κ1) is 14.4. The molecule has 4 heteroatoms. The van der Waals surface area contributed by atoms with Crippen molar-refractivity contribution in [3.05, 3.63) is 41.6 Å². The van der Waals surface area contributed by atoms with E-state index in [4.69, 9.17) is 5.73 Å². The maximum atomic E-state index is 6.09. The quantitative estimate of drug-likeness (QED) is 0.849. The van der Waals surface area contributed by atoms with Gasteiger partial charge in [0.1, 0.15) is 5.82 Å². The largest absolute Gasteiger partial charge is 0.394 e. The maximum absolute atomic E-state index is 6.09. The Hall–Kier alpha value is -1.97. The van der Waals surface area contributed by atoms with E-state index in [1.54, 1.807) is 0 Å². The van der Waals surface area contributed by atoms with Crippen LogP contribution in [-0.2, 0) is 13.0 Å². The van der Waals surface area contributed by atoms with E-state index in [9.17, 15) is 0 Å². The fourth-order valence-electron chi connectivity index (χ4n) is 2.31. The summed E-state index contributed by atoms with van der Waals surface area (Å²) in [6.45, 7) is 7.03. The van der Waals surface area contributed by atoms with Crippen molar-refractivity contribution in [1.29, 1.82) is 0 Å². The molecule has 1 heterocycles. The molecule has 0 amide bonds. The minimum atomic E-state index is 0.360. The Kier molecular flexibility index (Phi) is 4.66. The molecule has 1 unspecified atom stereocenters. The first-order valence-electron chi connectivity index (χ1n) is 7.25. The van der Waals surface area contributed by atoms with Gasteiger partial charge in [0.05, 0.1) is 11.4 Å². The number of nitrogens with zero attached hydrogens (tertiary/aromatic N) is 2. The van der Waals surface area contributed by atoms with Gasteiger partial charge in [-0.05, 0) is 39.2 Å². The molecule has 0 spiro atoms. The summed E-state index contributed by atoms with van der Waals surface area (Å²) >= 11 is 0. The molecule has 0 aliphatic carbocycles. The van der Waals surface area contributed by atoms with Crippen LogP contribution in [0.25, 0.3) is 0 Å². The van der Waals surface area contributed by atoms with Crippen molar-refractivity contribution in [3.63, 3.8) is 0 Å². The predicted molar refractivity (Wildman–Crippen MR) is 84.9 cm³/mol. The summed E-state index contributed by atoms with van der Waals surface area (Å²) in [5.74, 6) is 0.950. The third-order valence-electron chi connectivity index (χ3n) is 3.57. The van der Waals surface area contributed by atoms with Gasteiger partial charge in [0, 0.05) is 12.6 Å². The molecule has 0 radical (unpaired) electrons. The monoisotopic (exact) mass is 272 g/mol. The van der Waals surface area contributed by atoms with Crippen molar-refractivity contribution >= 4 is 11.5 Å². The molecule has 0 aliphatic heterocycles. The topological polar surface area (TPSA) is 55.9 Å². The number of nitrogens with one attached hydrogen (secondary N) is 1. The second-order valence-electron chi connectivity index (χ2n) is 5.23. The Morgan fingerprint density at radius 2 is 2.00 bits per heavy atom. The number of nitrogen functional groups attached to an aromatic ring is 1. The van der Waals surface area contributed by atoms with Crippen molar-refractivity contribution in [2.24, 2.45) is 0 Å². The van der Waals surface area contributed by atoms with E-state index in [-0.39, 0.29) is 0 Å². The van der Waals surface area contributed by atoms with Gasteiger partial charge in [-0.3, -0.25) is 0 Å². The summed E-state index contributed by atoms with van der Waals surface area (Å²) in [5.41, 5.74) is 9.11. The van der Waals surface area contributed by atoms with Gasteiger partial charge in [0.2, 0.25) is 0 Å². The lowest BCUT2D eigenvalue weighted by Gasteiger charge is -2.16. The van der Waals surface area contributed by atoms with Gasteiger partial charge in [-0.25, -0.2) is 4.68 Å². The van der Waals surface area contributed by atoms with Gasteiger partial charge >= 0.3 is 0 Å². The average molecular weight is 272 g/mol. The van der Waals surface area contributed by atoms with Gasteiger partial charge in [0.25, 0.3) is 0 Å². The molecule has 2 aromatic rings. The van der Waals surface area contributed by atoms with Crippen LogP contribution in [0.5, 0.6) is 0 Å². The molecule has 0 aliphatic rings. The number of anilines is 2. The van der Waals surface area contributed by atoms with Crippen LogP contribution in [0.1, 0.15) is 31.5 Å². The number of benzene rings is 1. The molecule has 0 saturated carbocycles. The van der Waals surface area contributed by atoms with E-state index in [0.29, 0.717) is 6.04 Å². The molecule has 3 N–H and O–H groups in total. The number of nitrogens with two attached hydrogens (primary N) is 1. The number of aromatic nitrogens is 2. The van der Waals surface area contributed by atoms with E-state index in [2.05, 4.69) is 54.6 Å². The molecule has 4 nitrogen and oxygen atoms in total. The molecule has 20 heavy (non-hydrogen) atoms. The molecule has 2 rings (SSSR count). The number of aryl methyl sites for hydroxylation is 3. The van der Waals surface area contributed by atoms with Crippen molar-refractivity contribution in [2.75, 3.05) is 11.1 Å². The third kappa shape index (κ3) is 3.32. The molecule has 1 aromatic heterocycles. The highest BCUT2D eigenvalue weighted by Gasteiger charge is 2.13. The molecule has 108 valence electrons. The van der Waals surface area contributed by atoms with E-state index in [1.165, 1.54) is 5.56 Å². The van der Waals surface area contributed by atoms with Crippen molar-refractivity contribution in [1.82, 2.24) is 9.78 Å². The van der Waals surface area contributed by atoms with E-state index < -0.39 is 0 Å². The van der Waals surface area contributed by atoms with Crippen LogP contribution in [0.3, 0.4) is 0 Å². The Morgan fingerprint density at radius 1 is 1.30 bits per heavy atom. The number of hydrogen-bond donors (Lipinski definition) is 2. The Morgan fingerprint density at radius 3 is 2.65 bits per heavy atom. The van der Waals surface area contributed by atoms with Crippen LogP contribution < -0.4 is 11.1 Å². The van der Waals surface area contributed by atoms with E-state index in [0.717, 1.165) is 36.6 Å². The number of rotatable bonds is 6. The zero-order valence-electron chi connectivity index (χ0n) is 12.6. The van der Waals surface area contributed by atoms with Crippen LogP contribution in [0.2, 0.25) is 0 Å². The predicted octanol–water partition coefficient (Wildman–Crippen LogP) is 3.23. The fourth-order valence-corrected chi connectivity index (χ4v) is 2.31. The maximum Gasteiger partial charge on any atom is 0.148 e. The van der Waals surface area contributed by atoms with Crippen molar-refractivity contribution in [3.8, 4) is 0 Å². The SMILES string of the molecule is CCn1nc(C)c(N)c1NC(C)CCc1ccccc1. The normalized spacial score (nSPS) is 12.3. The standard InChI is InChI=1S/C16H24N4/c1-4-20-16(15(17)13(3)19-20)18-12(2)10-11-14-8-6-5-7-9-14/h5-9,12,18H,4,10-11,17H2,1-3H3. The van der Waals surface area contributed by atoms with Crippen LogP contribution >= 0.6 is 0 Å². The van der Waals surface area contributed by atoms with Crippen LogP contribution in [0.15, 0.2) is 30.3 Å². The van der Waals surface area contributed by atoms with Gasteiger partial charge in [-0.15, -0.1) is 0 Å². The van der Waals surface area contributed by atoms with E-state index >= 15 is 0 Å². The Bertz CT molecular complexity index is 545. The fraction of sp³-hybridized carbons (Fsp3) is 0.438. The zero-order chi connectivity index (χ0) is 14.5. The molecular weight excluding hydrogens is 248 g/mol. The molecule has 1 atom stereocenters. The van der Waals surface area contributed by atoms with Crippen molar-refractivity contribution in [2.45, 2.75) is 46.2 Å². The summed E-state index contributed by atoms with van der Waals surface area (Å²) in [4.78, 5) is 0. The summed E-state index contributed by atoms with van der Waals surface area (Å²) in [6.07, 6.45) is 2.13. The lowest BCUT2D eigenvalue weighted by molar-refractivity contribution is 0.637. The summed E-state index contributed by atoms with van der Waals surface area (Å²) in [5, 5.41) is 7.93. The second kappa shape index (κ2) is 6.46. The molecule has 0 saturated heterocycles. The third-order valence-corrected chi connectivity index (χ3v) is 3.57. The summed E-state index contributed by atoms with van der Waals surface area (Å²) in [7, 11) is 0.